The van der Waals surface area contributed by atoms with Crippen LogP contribution in [-0.4, -0.2) is 78.3 Å². The normalized spacial score (nSPS) is 17.4. The molecule has 5 N–H and O–H groups in total. The molecule has 1 aromatic heterocycles. The third-order valence-electron chi connectivity index (χ3n) is 5.87. The lowest BCUT2D eigenvalue weighted by atomic mass is 10.0. The van der Waals surface area contributed by atoms with E-state index in [0.29, 0.717) is 38.9 Å². The smallest absolute Gasteiger partial charge is 0.225 e. The fourth-order valence-electron chi connectivity index (χ4n) is 4.03. The van der Waals surface area contributed by atoms with Crippen molar-refractivity contribution in [2.45, 2.75) is 44.9 Å². The van der Waals surface area contributed by atoms with Crippen LogP contribution in [0.5, 0.6) is 5.75 Å². The van der Waals surface area contributed by atoms with Crippen molar-refractivity contribution < 1.29 is 31.8 Å². The molecule has 1 aliphatic rings. The van der Waals surface area contributed by atoms with E-state index in [2.05, 4.69) is 20.6 Å². The number of halogens is 2. The first kappa shape index (κ1) is 28.6. The van der Waals surface area contributed by atoms with Gasteiger partial charge >= 0.3 is 0 Å². The maximum absolute atomic E-state index is 14.4. The van der Waals surface area contributed by atoms with E-state index in [-0.39, 0.29) is 28.8 Å². The predicted molar refractivity (Wildman–Crippen MR) is 134 cm³/mol. The Hall–Kier alpha value is -2.94. The van der Waals surface area contributed by atoms with Gasteiger partial charge in [-0.25, -0.2) is 22.2 Å². The summed E-state index contributed by atoms with van der Waals surface area (Å²) in [6.45, 7) is 2.79. The van der Waals surface area contributed by atoms with Crippen LogP contribution in [0.4, 0.5) is 20.5 Å². The molecule has 1 saturated heterocycles. The minimum Gasteiger partial charge on any atom is -0.496 e. The van der Waals surface area contributed by atoms with Crippen LogP contribution in [-0.2, 0) is 10.0 Å². The van der Waals surface area contributed by atoms with Crippen LogP contribution < -0.4 is 21.1 Å². The summed E-state index contributed by atoms with van der Waals surface area (Å²) in [4.78, 5) is 21.1. The zero-order valence-electron chi connectivity index (χ0n) is 20.7. The number of sulfonamides is 1. The molecule has 0 aliphatic carbocycles. The summed E-state index contributed by atoms with van der Waals surface area (Å²) in [6, 6.07) is 1.97. The van der Waals surface area contributed by atoms with Crippen LogP contribution in [0.3, 0.4) is 0 Å². The highest BCUT2D eigenvalue weighted by atomic mass is 32.2. The number of benzene rings is 1. The highest BCUT2D eigenvalue weighted by molar-refractivity contribution is 7.89. The Morgan fingerprint density at radius 1 is 1.35 bits per heavy atom. The topological polar surface area (TPSA) is 160 Å². The number of nitrogen functional groups attached to an aromatic ring is 1. The SMILES string of the molecule is COc1ccc(F)c(F)c1C(=O)c1cnc(NC2CCCCN2S(=O)(=O)CCCNCC(C)O)nc1N. The first-order valence-electron chi connectivity index (χ1n) is 11.9. The minimum atomic E-state index is -3.60. The van der Waals surface area contributed by atoms with Gasteiger partial charge in [0.05, 0.1) is 30.7 Å². The van der Waals surface area contributed by atoms with Gasteiger partial charge in [-0.15, -0.1) is 0 Å². The standard InChI is InChI=1S/C23H32F2N6O5S/c1-14(32)12-27-9-5-11-37(34,35)31-10-4-3-6-18(31)29-23-28-13-15(22(26)30-23)21(33)19-17(36-2)8-7-16(24)20(19)25/h7-8,13-14,18,27,32H,3-6,9-12H2,1-2H3,(H3,26,28,29,30). The van der Waals surface area contributed by atoms with Crippen LogP contribution >= 0.6 is 0 Å². The second kappa shape index (κ2) is 12.5. The van der Waals surface area contributed by atoms with Crippen molar-refractivity contribution in [2.75, 3.05) is 43.5 Å². The van der Waals surface area contributed by atoms with E-state index >= 15 is 0 Å². The molecule has 0 bridgehead atoms. The number of aliphatic hydroxyl groups is 1. The molecular formula is C23H32F2N6O5S. The molecule has 0 saturated carbocycles. The number of hydrogen-bond acceptors (Lipinski definition) is 10. The first-order valence-corrected chi connectivity index (χ1v) is 13.5. The number of rotatable bonds is 12. The summed E-state index contributed by atoms with van der Waals surface area (Å²) in [5.41, 5.74) is 5.06. The molecule has 37 heavy (non-hydrogen) atoms. The van der Waals surface area contributed by atoms with Gasteiger partial charge in [0.2, 0.25) is 21.8 Å². The van der Waals surface area contributed by atoms with E-state index in [1.807, 2.05) is 0 Å². The number of hydrogen-bond donors (Lipinski definition) is 4. The van der Waals surface area contributed by atoms with Gasteiger partial charge in [0.25, 0.3) is 0 Å². The number of nitrogens with one attached hydrogen (secondary N) is 2. The van der Waals surface area contributed by atoms with Gasteiger partial charge in [0.15, 0.2) is 11.6 Å². The average Bonchev–Trinajstić information content (AvgIpc) is 2.85. The van der Waals surface area contributed by atoms with Crippen LogP contribution in [0.25, 0.3) is 0 Å². The van der Waals surface area contributed by atoms with Crippen LogP contribution in [0.2, 0.25) is 0 Å². The molecule has 2 aromatic rings. The van der Waals surface area contributed by atoms with E-state index in [1.54, 1.807) is 6.92 Å². The molecule has 3 rings (SSSR count). The Morgan fingerprint density at radius 3 is 2.78 bits per heavy atom. The Balaban J connectivity index is 1.74. The fourth-order valence-corrected chi connectivity index (χ4v) is 5.72. The van der Waals surface area contributed by atoms with Gasteiger partial charge in [-0.1, -0.05) is 0 Å². The molecule has 0 radical (unpaired) electrons. The fraction of sp³-hybridized carbons (Fsp3) is 0.522. The highest BCUT2D eigenvalue weighted by Gasteiger charge is 2.33. The summed E-state index contributed by atoms with van der Waals surface area (Å²) in [6.07, 6.45) is 2.31. The lowest BCUT2D eigenvalue weighted by molar-refractivity contribution is 0.103. The summed E-state index contributed by atoms with van der Waals surface area (Å²) < 4.78 is 60.5. The Labute approximate surface area is 214 Å². The molecule has 2 heterocycles. The second-order valence-electron chi connectivity index (χ2n) is 8.75. The van der Waals surface area contributed by atoms with Crippen molar-refractivity contribution in [1.82, 2.24) is 19.6 Å². The Kier molecular flexibility index (Phi) is 9.70. The third-order valence-corrected chi connectivity index (χ3v) is 7.82. The number of carbonyl (C=O) groups is 1. The number of nitrogens with two attached hydrogens (primary N) is 1. The first-order chi connectivity index (χ1) is 17.5. The summed E-state index contributed by atoms with van der Waals surface area (Å²) in [5.74, 6) is -4.10. The lowest BCUT2D eigenvalue weighted by Crippen LogP contribution is -2.49. The largest absolute Gasteiger partial charge is 0.496 e. The highest BCUT2D eigenvalue weighted by Crippen LogP contribution is 2.28. The average molecular weight is 543 g/mol. The van der Waals surface area contributed by atoms with Gasteiger partial charge < -0.3 is 26.2 Å². The van der Waals surface area contributed by atoms with Gasteiger partial charge in [0, 0.05) is 19.3 Å². The van der Waals surface area contributed by atoms with Crippen molar-refractivity contribution >= 4 is 27.6 Å². The number of carbonyl (C=O) groups excluding carboxylic acids is 1. The number of aliphatic hydroxyl groups excluding tert-OH is 1. The Bertz CT molecular complexity index is 1210. The van der Waals surface area contributed by atoms with E-state index in [0.717, 1.165) is 24.8 Å². The van der Waals surface area contributed by atoms with Crippen molar-refractivity contribution in [3.8, 4) is 5.75 Å². The minimum absolute atomic E-state index is 0.00794. The zero-order chi connectivity index (χ0) is 27.2. The molecule has 2 unspecified atom stereocenters. The van der Waals surface area contributed by atoms with Crippen molar-refractivity contribution in [1.29, 1.82) is 0 Å². The van der Waals surface area contributed by atoms with Gasteiger partial charge in [-0.3, -0.25) is 4.79 Å². The van der Waals surface area contributed by atoms with Crippen LogP contribution in [0.1, 0.15) is 48.5 Å². The maximum Gasteiger partial charge on any atom is 0.225 e. The van der Waals surface area contributed by atoms with Gasteiger partial charge in [-0.2, -0.15) is 9.29 Å². The summed E-state index contributed by atoms with van der Waals surface area (Å²) >= 11 is 0. The van der Waals surface area contributed by atoms with Crippen LogP contribution in [0, 0.1) is 11.6 Å². The molecule has 2 atom stereocenters. The van der Waals surface area contributed by atoms with Crippen LogP contribution in [0.15, 0.2) is 18.3 Å². The molecule has 14 heteroatoms. The third kappa shape index (κ3) is 7.09. The van der Waals surface area contributed by atoms with Gasteiger partial charge in [-0.05, 0) is 51.3 Å². The molecule has 204 valence electrons. The lowest BCUT2D eigenvalue weighted by Gasteiger charge is -2.35. The van der Waals surface area contributed by atoms with E-state index < -0.39 is 45.3 Å². The molecule has 1 aromatic carbocycles. The number of nitrogens with zero attached hydrogens (tertiary/aromatic N) is 3. The molecule has 1 aliphatic heterocycles. The predicted octanol–water partition coefficient (Wildman–Crippen LogP) is 1.49. The number of ether oxygens (including phenoxy) is 1. The number of anilines is 2. The molecule has 1 fully saturated rings. The Morgan fingerprint density at radius 2 is 2.11 bits per heavy atom. The molecule has 11 nitrogen and oxygen atoms in total. The quantitative estimate of drug-likeness (QED) is 0.229. The summed E-state index contributed by atoms with van der Waals surface area (Å²) in [5, 5.41) is 15.3. The molecule has 0 spiro atoms. The molecule has 0 amide bonds. The van der Waals surface area contributed by atoms with Crippen molar-refractivity contribution in [3.05, 3.63) is 41.1 Å². The van der Waals surface area contributed by atoms with E-state index in [4.69, 9.17) is 10.5 Å². The number of methoxy groups -OCH3 is 1. The summed E-state index contributed by atoms with van der Waals surface area (Å²) in [7, 11) is -2.39. The van der Waals surface area contributed by atoms with E-state index in [9.17, 15) is 27.1 Å². The zero-order valence-corrected chi connectivity index (χ0v) is 21.5. The second-order valence-corrected chi connectivity index (χ2v) is 10.8. The maximum atomic E-state index is 14.4. The van der Waals surface area contributed by atoms with Crippen molar-refractivity contribution in [3.63, 3.8) is 0 Å². The molecular weight excluding hydrogens is 510 g/mol. The van der Waals surface area contributed by atoms with Crippen molar-refractivity contribution in [2.24, 2.45) is 0 Å². The number of ketones is 1. The number of aromatic nitrogens is 2. The monoisotopic (exact) mass is 542 g/mol. The van der Waals surface area contributed by atoms with Gasteiger partial charge in [0.1, 0.15) is 17.1 Å². The number of piperidine rings is 1. The van der Waals surface area contributed by atoms with E-state index in [1.165, 1.54) is 11.4 Å².